The number of rotatable bonds is 2. The lowest BCUT2D eigenvalue weighted by Crippen LogP contribution is -2.38. The molecule has 32 heavy (non-hydrogen) atoms. The number of benzene rings is 3. The zero-order valence-electron chi connectivity index (χ0n) is 17.2. The van der Waals surface area contributed by atoms with E-state index in [2.05, 4.69) is 28.5 Å². The van der Waals surface area contributed by atoms with Gasteiger partial charge in [-0.3, -0.25) is 0 Å². The van der Waals surface area contributed by atoms with E-state index in [0.29, 0.717) is 24.2 Å². The minimum atomic E-state index is -0.335. The largest absolute Gasteiger partial charge is 0.454 e. The average molecular weight is 429 g/mol. The van der Waals surface area contributed by atoms with Crippen LogP contribution in [0.4, 0.5) is 14.9 Å². The van der Waals surface area contributed by atoms with Crippen molar-refractivity contribution in [1.82, 2.24) is 9.88 Å². The summed E-state index contributed by atoms with van der Waals surface area (Å²) in [5.74, 6) is 1.20. The Balaban J connectivity index is 1.20. The summed E-state index contributed by atoms with van der Waals surface area (Å²) in [4.78, 5) is 17.7. The molecule has 0 fully saturated rings. The minimum absolute atomic E-state index is 0.194. The number of halogens is 1. The Hall–Kier alpha value is -4.00. The number of ether oxygens (including phenoxy) is 2. The fourth-order valence-electron chi connectivity index (χ4n) is 4.37. The quantitative estimate of drug-likeness (QED) is 0.455. The van der Waals surface area contributed by atoms with E-state index < -0.39 is 0 Å². The number of nitrogens with zero attached hydrogens (tertiary/aromatic N) is 1. The normalized spacial score (nSPS) is 14.5. The van der Waals surface area contributed by atoms with Crippen molar-refractivity contribution in [2.75, 3.05) is 18.7 Å². The summed E-state index contributed by atoms with van der Waals surface area (Å²) < 4.78 is 24.5. The lowest BCUT2D eigenvalue weighted by atomic mass is 9.94. The van der Waals surface area contributed by atoms with Crippen molar-refractivity contribution in [3.05, 3.63) is 77.7 Å². The molecule has 0 aliphatic carbocycles. The molecule has 0 radical (unpaired) electrons. The first-order chi connectivity index (χ1) is 15.6. The molecule has 0 saturated heterocycles. The standard InChI is InChI=1S/C25H20FN3O3/c26-19-4-5-21-20(11-19)22(12-27-21)28-25(30)29-8-7-17-9-15(1-2-18(17)13-29)16-3-6-23-24(10-16)32-14-31-23/h1-6,9-12,27H,7-8,13-14H2,(H,28,30). The first kappa shape index (κ1) is 18.7. The Bertz CT molecular complexity index is 1360. The summed E-state index contributed by atoms with van der Waals surface area (Å²) in [5.41, 5.74) is 5.90. The number of aromatic nitrogens is 1. The van der Waals surface area contributed by atoms with Crippen LogP contribution in [0, 0.1) is 5.82 Å². The predicted molar refractivity (Wildman–Crippen MR) is 119 cm³/mol. The molecule has 3 heterocycles. The number of nitrogens with one attached hydrogen (secondary N) is 2. The van der Waals surface area contributed by atoms with Gasteiger partial charge in [-0.05, 0) is 59.0 Å². The molecule has 0 atom stereocenters. The van der Waals surface area contributed by atoms with E-state index in [1.807, 2.05) is 18.2 Å². The number of H-pyrrole nitrogens is 1. The molecule has 160 valence electrons. The molecule has 3 aromatic carbocycles. The Labute approximate surface area is 183 Å². The van der Waals surface area contributed by atoms with Gasteiger partial charge in [0.15, 0.2) is 11.5 Å². The molecular formula is C25H20FN3O3. The van der Waals surface area contributed by atoms with Gasteiger partial charge in [0.2, 0.25) is 6.79 Å². The lowest BCUT2D eigenvalue weighted by molar-refractivity contribution is 0.174. The molecule has 0 spiro atoms. The van der Waals surface area contributed by atoms with Crippen LogP contribution < -0.4 is 14.8 Å². The summed E-state index contributed by atoms with van der Waals surface area (Å²) >= 11 is 0. The Morgan fingerprint density at radius 2 is 1.81 bits per heavy atom. The van der Waals surface area contributed by atoms with E-state index in [4.69, 9.17) is 9.47 Å². The zero-order chi connectivity index (χ0) is 21.7. The number of carbonyl (C=O) groups is 1. The maximum atomic E-state index is 13.6. The zero-order valence-corrected chi connectivity index (χ0v) is 17.2. The summed E-state index contributed by atoms with van der Waals surface area (Å²) in [6.45, 7) is 1.40. The van der Waals surface area contributed by atoms with Gasteiger partial charge in [0.25, 0.3) is 0 Å². The number of urea groups is 1. The number of anilines is 1. The highest BCUT2D eigenvalue weighted by molar-refractivity contribution is 6.01. The van der Waals surface area contributed by atoms with Crippen molar-refractivity contribution in [3.8, 4) is 22.6 Å². The number of aromatic amines is 1. The van der Waals surface area contributed by atoms with Crippen LogP contribution in [-0.2, 0) is 13.0 Å². The van der Waals surface area contributed by atoms with Crippen molar-refractivity contribution in [3.63, 3.8) is 0 Å². The SMILES string of the molecule is O=C(Nc1c[nH]c2ccc(F)cc12)N1CCc2cc(-c3ccc4c(c3)OCO4)ccc2C1. The van der Waals surface area contributed by atoms with Crippen LogP contribution >= 0.6 is 0 Å². The molecule has 0 saturated carbocycles. The average Bonchev–Trinajstić information content (AvgIpc) is 3.44. The second-order valence-electron chi connectivity index (χ2n) is 8.05. The Morgan fingerprint density at radius 1 is 0.969 bits per heavy atom. The second kappa shape index (κ2) is 7.30. The third-order valence-corrected chi connectivity index (χ3v) is 6.10. The van der Waals surface area contributed by atoms with Gasteiger partial charge in [-0.25, -0.2) is 9.18 Å². The molecule has 6 nitrogen and oxygen atoms in total. The molecule has 2 aliphatic heterocycles. The smallest absolute Gasteiger partial charge is 0.322 e. The summed E-state index contributed by atoms with van der Waals surface area (Å²) in [7, 11) is 0. The minimum Gasteiger partial charge on any atom is -0.454 e. The Kier molecular flexibility index (Phi) is 4.28. The molecule has 6 rings (SSSR count). The summed E-state index contributed by atoms with van der Waals surface area (Å²) in [5, 5.41) is 3.57. The maximum absolute atomic E-state index is 13.6. The summed E-state index contributed by atoms with van der Waals surface area (Å²) in [6.07, 6.45) is 2.46. The number of fused-ring (bicyclic) bond motifs is 3. The highest BCUT2D eigenvalue weighted by Crippen LogP contribution is 2.36. The van der Waals surface area contributed by atoms with E-state index in [0.717, 1.165) is 40.1 Å². The summed E-state index contributed by atoms with van der Waals surface area (Å²) in [6, 6.07) is 16.6. The molecule has 7 heteroatoms. The molecular weight excluding hydrogens is 409 g/mol. The highest BCUT2D eigenvalue weighted by atomic mass is 19.1. The van der Waals surface area contributed by atoms with Crippen LogP contribution in [0.2, 0.25) is 0 Å². The van der Waals surface area contributed by atoms with Crippen molar-refractivity contribution in [2.24, 2.45) is 0 Å². The van der Waals surface area contributed by atoms with Crippen molar-refractivity contribution < 1.29 is 18.7 Å². The van der Waals surface area contributed by atoms with Gasteiger partial charge in [0.1, 0.15) is 5.82 Å². The van der Waals surface area contributed by atoms with Gasteiger partial charge in [-0.15, -0.1) is 0 Å². The highest BCUT2D eigenvalue weighted by Gasteiger charge is 2.22. The molecule has 2 amide bonds. The monoisotopic (exact) mass is 429 g/mol. The van der Waals surface area contributed by atoms with Crippen molar-refractivity contribution in [2.45, 2.75) is 13.0 Å². The molecule has 0 unspecified atom stereocenters. The van der Waals surface area contributed by atoms with E-state index in [1.165, 1.54) is 17.7 Å². The van der Waals surface area contributed by atoms with E-state index in [9.17, 15) is 9.18 Å². The van der Waals surface area contributed by atoms with Crippen LogP contribution in [0.1, 0.15) is 11.1 Å². The Morgan fingerprint density at radius 3 is 2.75 bits per heavy atom. The van der Waals surface area contributed by atoms with Crippen LogP contribution in [0.3, 0.4) is 0 Å². The molecule has 1 aromatic heterocycles. The third kappa shape index (κ3) is 3.22. The maximum Gasteiger partial charge on any atom is 0.322 e. The van der Waals surface area contributed by atoms with E-state index >= 15 is 0 Å². The van der Waals surface area contributed by atoms with Crippen molar-refractivity contribution in [1.29, 1.82) is 0 Å². The topological polar surface area (TPSA) is 66.6 Å². The lowest BCUT2D eigenvalue weighted by Gasteiger charge is -2.29. The molecule has 2 N–H and O–H groups in total. The van der Waals surface area contributed by atoms with Gasteiger partial charge in [-0.2, -0.15) is 0 Å². The fourth-order valence-corrected chi connectivity index (χ4v) is 4.37. The van der Waals surface area contributed by atoms with Crippen LogP contribution in [-0.4, -0.2) is 29.3 Å². The van der Waals surface area contributed by atoms with E-state index in [1.54, 1.807) is 17.2 Å². The van der Waals surface area contributed by atoms with Gasteiger partial charge >= 0.3 is 6.03 Å². The van der Waals surface area contributed by atoms with Gasteiger partial charge < -0.3 is 24.7 Å². The van der Waals surface area contributed by atoms with Gasteiger partial charge in [0, 0.05) is 30.2 Å². The molecule has 4 aromatic rings. The fraction of sp³-hybridized carbons (Fsp3) is 0.160. The van der Waals surface area contributed by atoms with Crippen LogP contribution in [0.5, 0.6) is 11.5 Å². The van der Waals surface area contributed by atoms with Crippen LogP contribution in [0.25, 0.3) is 22.0 Å². The van der Waals surface area contributed by atoms with Crippen molar-refractivity contribution >= 4 is 22.6 Å². The number of hydrogen-bond donors (Lipinski definition) is 2. The van der Waals surface area contributed by atoms with E-state index in [-0.39, 0.29) is 18.6 Å². The number of hydrogen-bond acceptors (Lipinski definition) is 3. The number of amides is 2. The molecule has 2 aliphatic rings. The van der Waals surface area contributed by atoms with Gasteiger partial charge in [-0.1, -0.05) is 24.3 Å². The predicted octanol–water partition coefficient (Wildman–Crippen LogP) is 5.29. The van der Waals surface area contributed by atoms with Crippen LogP contribution in [0.15, 0.2) is 60.8 Å². The second-order valence-corrected chi connectivity index (χ2v) is 8.05. The third-order valence-electron chi connectivity index (χ3n) is 6.10. The molecule has 0 bridgehead atoms. The first-order valence-electron chi connectivity index (χ1n) is 10.5. The van der Waals surface area contributed by atoms with Gasteiger partial charge in [0.05, 0.1) is 5.69 Å². The number of carbonyl (C=O) groups excluding carboxylic acids is 1. The first-order valence-corrected chi connectivity index (χ1v) is 10.5.